The maximum atomic E-state index is 12.4. The highest BCUT2D eigenvalue weighted by atomic mass is 16.5. The molecule has 1 aromatic carbocycles. The molecule has 1 aromatic heterocycles. The maximum Gasteiger partial charge on any atom is 0.244 e. The van der Waals surface area contributed by atoms with Crippen LogP contribution in [0.15, 0.2) is 30.5 Å². The summed E-state index contributed by atoms with van der Waals surface area (Å²) >= 11 is 0. The highest BCUT2D eigenvalue weighted by Gasteiger charge is 2.28. The summed E-state index contributed by atoms with van der Waals surface area (Å²) in [6.45, 7) is 4.30. The standard InChI is InChI=1S/C19H24N4O2/c1-13-17(20-9-11-25-13)19(24)22-15-7-5-14(6-8-15)18-21-12-16-4-2-3-10-23(16)18/h5-8,12-13,17,20H,2-4,9-11H2,1H3,(H,22,24)/t13-,17+/m1/s1. The number of morpholine rings is 1. The normalized spacial score (nSPS) is 23.1. The van der Waals surface area contributed by atoms with E-state index in [0.717, 1.165) is 30.0 Å². The molecule has 1 amide bonds. The smallest absolute Gasteiger partial charge is 0.244 e. The first-order valence-electron chi connectivity index (χ1n) is 9.03. The van der Waals surface area contributed by atoms with Gasteiger partial charge in [-0.05, 0) is 50.5 Å². The van der Waals surface area contributed by atoms with Crippen molar-refractivity contribution in [1.29, 1.82) is 0 Å². The van der Waals surface area contributed by atoms with Gasteiger partial charge in [-0.3, -0.25) is 4.79 Å². The zero-order valence-electron chi connectivity index (χ0n) is 14.5. The number of nitrogens with one attached hydrogen (secondary N) is 2. The Kier molecular flexibility index (Phi) is 4.55. The van der Waals surface area contributed by atoms with E-state index in [-0.39, 0.29) is 18.1 Å². The molecule has 2 aromatic rings. The monoisotopic (exact) mass is 340 g/mol. The van der Waals surface area contributed by atoms with Crippen LogP contribution in [0.4, 0.5) is 5.69 Å². The molecule has 1 saturated heterocycles. The first-order valence-corrected chi connectivity index (χ1v) is 9.03. The number of aryl methyl sites for hydroxylation is 1. The molecule has 2 aliphatic rings. The Hall–Kier alpha value is -2.18. The maximum absolute atomic E-state index is 12.4. The summed E-state index contributed by atoms with van der Waals surface area (Å²) < 4.78 is 7.84. The van der Waals surface area contributed by atoms with E-state index >= 15 is 0 Å². The van der Waals surface area contributed by atoms with Crippen molar-refractivity contribution in [2.45, 2.75) is 44.9 Å². The first-order chi connectivity index (χ1) is 12.2. The lowest BCUT2D eigenvalue weighted by molar-refractivity contribution is -0.123. The van der Waals surface area contributed by atoms with Gasteiger partial charge in [-0.2, -0.15) is 0 Å². The number of hydrogen-bond acceptors (Lipinski definition) is 4. The van der Waals surface area contributed by atoms with Crippen LogP contribution in [0.25, 0.3) is 11.4 Å². The average molecular weight is 340 g/mol. The summed E-state index contributed by atoms with van der Waals surface area (Å²) in [6, 6.07) is 7.60. The topological polar surface area (TPSA) is 68.2 Å². The van der Waals surface area contributed by atoms with Crippen LogP contribution in [0, 0.1) is 0 Å². The number of imidazole rings is 1. The fourth-order valence-electron chi connectivity index (χ4n) is 3.62. The molecule has 3 heterocycles. The quantitative estimate of drug-likeness (QED) is 0.899. The van der Waals surface area contributed by atoms with Crippen molar-refractivity contribution >= 4 is 11.6 Å². The van der Waals surface area contributed by atoms with Crippen molar-refractivity contribution in [2.24, 2.45) is 0 Å². The van der Waals surface area contributed by atoms with Gasteiger partial charge in [0.1, 0.15) is 11.9 Å². The Labute approximate surface area is 147 Å². The molecule has 2 atom stereocenters. The van der Waals surface area contributed by atoms with E-state index in [9.17, 15) is 4.79 Å². The molecule has 0 saturated carbocycles. The molecular weight excluding hydrogens is 316 g/mol. The van der Waals surface area contributed by atoms with Crippen molar-refractivity contribution < 1.29 is 9.53 Å². The Morgan fingerprint density at radius 2 is 2.16 bits per heavy atom. The predicted molar refractivity (Wildman–Crippen MR) is 96.4 cm³/mol. The number of rotatable bonds is 3. The Bertz CT molecular complexity index is 753. The fraction of sp³-hybridized carbons (Fsp3) is 0.474. The van der Waals surface area contributed by atoms with Crippen molar-refractivity contribution in [3.63, 3.8) is 0 Å². The average Bonchev–Trinajstić information content (AvgIpc) is 3.07. The van der Waals surface area contributed by atoms with Gasteiger partial charge in [-0.15, -0.1) is 0 Å². The molecule has 4 rings (SSSR count). The number of nitrogens with zero attached hydrogens (tertiary/aromatic N) is 2. The highest BCUT2D eigenvalue weighted by molar-refractivity contribution is 5.95. The SMILES string of the molecule is C[C@H]1OCCN[C@@H]1C(=O)Nc1ccc(-c2ncc3n2CCCC3)cc1. The molecular formula is C19H24N4O2. The number of aromatic nitrogens is 2. The van der Waals surface area contributed by atoms with Crippen LogP contribution in [0.3, 0.4) is 0 Å². The molecule has 1 fully saturated rings. The van der Waals surface area contributed by atoms with Crippen LogP contribution in [0.2, 0.25) is 0 Å². The summed E-state index contributed by atoms with van der Waals surface area (Å²) in [7, 11) is 0. The number of fused-ring (bicyclic) bond motifs is 1. The molecule has 6 heteroatoms. The van der Waals surface area contributed by atoms with Gasteiger partial charge in [-0.1, -0.05) is 0 Å². The summed E-state index contributed by atoms with van der Waals surface area (Å²) in [5.74, 6) is 0.960. The van der Waals surface area contributed by atoms with Gasteiger partial charge < -0.3 is 19.9 Å². The molecule has 0 radical (unpaired) electrons. The highest BCUT2D eigenvalue weighted by Crippen LogP contribution is 2.25. The molecule has 2 aliphatic heterocycles. The second kappa shape index (κ2) is 6.98. The van der Waals surface area contributed by atoms with Crippen molar-refractivity contribution in [1.82, 2.24) is 14.9 Å². The Balaban J connectivity index is 1.47. The second-order valence-electron chi connectivity index (χ2n) is 6.76. The first kappa shape index (κ1) is 16.3. The minimum absolute atomic E-state index is 0.0573. The summed E-state index contributed by atoms with van der Waals surface area (Å²) in [6.07, 6.45) is 5.42. The molecule has 0 aliphatic carbocycles. The Morgan fingerprint density at radius 3 is 2.96 bits per heavy atom. The molecule has 0 spiro atoms. The van der Waals surface area contributed by atoms with E-state index in [1.54, 1.807) is 0 Å². The minimum Gasteiger partial charge on any atom is -0.375 e. The van der Waals surface area contributed by atoms with Gasteiger partial charge in [0.25, 0.3) is 0 Å². The minimum atomic E-state index is -0.312. The van der Waals surface area contributed by atoms with Gasteiger partial charge in [-0.25, -0.2) is 4.98 Å². The van der Waals surface area contributed by atoms with E-state index < -0.39 is 0 Å². The van der Waals surface area contributed by atoms with Crippen LogP contribution in [-0.2, 0) is 22.5 Å². The zero-order valence-corrected chi connectivity index (χ0v) is 14.5. The summed E-state index contributed by atoms with van der Waals surface area (Å²) in [5, 5.41) is 6.17. The fourth-order valence-corrected chi connectivity index (χ4v) is 3.62. The number of benzene rings is 1. The Morgan fingerprint density at radius 1 is 1.32 bits per heavy atom. The second-order valence-corrected chi connectivity index (χ2v) is 6.76. The predicted octanol–water partition coefficient (Wildman–Crippen LogP) is 2.20. The molecule has 25 heavy (non-hydrogen) atoms. The van der Waals surface area contributed by atoms with Crippen LogP contribution in [-0.4, -0.2) is 40.8 Å². The largest absolute Gasteiger partial charge is 0.375 e. The number of hydrogen-bond donors (Lipinski definition) is 2. The number of carbonyl (C=O) groups is 1. The van der Waals surface area contributed by atoms with E-state index in [1.165, 1.54) is 18.5 Å². The lowest BCUT2D eigenvalue weighted by atomic mass is 10.1. The van der Waals surface area contributed by atoms with Crippen LogP contribution >= 0.6 is 0 Å². The third kappa shape index (κ3) is 3.32. The zero-order chi connectivity index (χ0) is 17.2. The lowest BCUT2D eigenvalue weighted by Gasteiger charge is -2.29. The molecule has 0 bridgehead atoms. The molecule has 2 N–H and O–H groups in total. The van der Waals surface area contributed by atoms with Crippen molar-refractivity contribution in [3.8, 4) is 11.4 Å². The molecule has 132 valence electrons. The van der Waals surface area contributed by atoms with Crippen molar-refractivity contribution in [3.05, 3.63) is 36.2 Å². The van der Waals surface area contributed by atoms with Gasteiger partial charge >= 0.3 is 0 Å². The summed E-state index contributed by atoms with van der Waals surface area (Å²) in [4.78, 5) is 17.0. The third-order valence-electron chi connectivity index (χ3n) is 5.01. The van der Waals surface area contributed by atoms with Gasteiger partial charge in [0.05, 0.1) is 12.7 Å². The van der Waals surface area contributed by atoms with Crippen LogP contribution in [0.1, 0.15) is 25.5 Å². The number of amides is 1. The van der Waals surface area contributed by atoms with Gasteiger partial charge in [0.15, 0.2) is 0 Å². The van der Waals surface area contributed by atoms with E-state index in [4.69, 9.17) is 4.74 Å². The third-order valence-corrected chi connectivity index (χ3v) is 5.01. The van der Waals surface area contributed by atoms with Crippen LogP contribution < -0.4 is 10.6 Å². The lowest BCUT2D eigenvalue weighted by Crippen LogP contribution is -2.53. The van der Waals surface area contributed by atoms with E-state index in [2.05, 4.69) is 20.2 Å². The molecule has 0 unspecified atom stereocenters. The number of anilines is 1. The molecule has 6 nitrogen and oxygen atoms in total. The number of ether oxygens (including phenoxy) is 1. The van der Waals surface area contributed by atoms with Gasteiger partial charge in [0, 0.05) is 36.2 Å². The summed E-state index contributed by atoms with van der Waals surface area (Å²) in [5.41, 5.74) is 3.19. The van der Waals surface area contributed by atoms with Gasteiger partial charge in [0.2, 0.25) is 5.91 Å². The van der Waals surface area contributed by atoms with E-state index in [1.807, 2.05) is 37.4 Å². The number of carbonyl (C=O) groups excluding carboxylic acids is 1. The van der Waals surface area contributed by atoms with Crippen LogP contribution in [0.5, 0.6) is 0 Å². The van der Waals surface area contributed by atoms with E-state index in [0.29, 0.717) is 13.2 Å². The van der Waals surface area contributed by atoms with Crippen molar-refractivity contribution in [2.75, 3.05) is 18.5 Å².